The topological polar surface area (TPSA) is 74.3 Å². The zero-order chi connectivity index (χ0) is 28.2. The highest BCUT2D eigenvalue weighted by Crippen LogP contribution is 2.43. The molecule has 1 aliphatic heterocycles. The van der Waals surface area contributed by atoms with Gasteiger partial charge in [0, 0.05) is 49.0 Å². The van der Waals surface area contributed by atoms with Crippen LogP contribution in [0.15, 0.2) is 54.9 Å². The second kappa shape index (κ2) is 10.0. The zero-order valence-electron chi connectivity index (χ0n) is 23.6. The van der Waals surface area contributed by atoms with E-state index in [4.69, 9.17) is 14.5 Å². The first-order valence-electron chi connectivity index (χ1n) is 13.7. The first-order chi connectivity index (χ1) is 19.2. The fourth-order valence-corrected chi connectivity index (χ4v) is 6.19. The van der Waals surface area contributed by atoms with E-state index in [1.165, 1.54) is 6.07 Å². The number of benzene rings is 2. The number of pyridine rings is 1. The molecule has 1 saturated heterocycles. The third-order valence-corrected chi connectivity index (χ3v) is 8.26. The van der Waals surface area contributed by atoms with E-state index in [1.807, 2.05) is 61.4 Å². The predicted octanol–water partition coefficient (Wildman–Crippen LogP) is 6.29. The number of hydrogen-bond acceptors (Lipinski definition) is 5. The van der Waals surface area contributed by atoms with Gasteiger partial charge in [-0.05, 0) is 68.9 Å². The van der Waals surface area contributed by atoms with Crippen LogP contribution in [0.1, 0.15) is 49.4 Å². The van der Waals surface area contributed by atoms with Gasteiger partial charge >= 0.3 is 0 Å². The summed E-state index contributed by atoms with van der Waals surface area (Å²) in [7, 11) is 3.47. The molecule has 3 aromatic heterocycles. The van der Waals surface area contributed by atoms with Gasteiger partial charge in [-0.1, -0.05) is 18.2 Å². The summed E-state index contributed by atoms with van der Waals surface area (Å²) < 4.78 is 31.1. The minimum atomic E-state index is -1.04. The standard InChI is InChI=1S/C32H35FN4O3/c1-19-17-35-36(4)30(19)21-14-28-29(34-18-21)25-8-6-22(32(2,3)38)15-27(25)37(28)31(20-10-12-40-13-11-20)24-9-7-23(39-5)16-26(24)33/h6-9,14-18,20,31,38H,10-13H2,1-5H3. The Bertz CT molecular complexity index is 1690. The van der Waals surface area contributed by atoms with Crippen molar-refractivity contribution in [3.8, 4) is 17.0 Å². The van der Waals surface area contributed by atoms with Gasteiger partial charge in [0.25, 0.3) is 0 Å². The van der Waals surface area contributed by atoms with Crippen molar-refractivity contribution < 1.29 is 19.0 Å². The molecule has 0 aliphatic carbocycles. The molecule has 5 aromatic rings. The Morgan fingerprint density at radius 1 is 1.07 bits per heavy atom. The van der Waals surface area contributed by atoms with Gasteiger partial charge in [-0.3, -0.25) is 9.67 Å². The molecule has 0 amide bonds. The van der Waals surface area contributed by atoms with Crippen molar-refractivity contribution in [2.45, 2.75) is 45.3 Å². The van der Waals surface area contributed by atoms with Gasteiger partial charge < -0.3 is 19.1 Å². The largest absolute Gasteiger partial charge is 0.497 e. The van der Waals surface area contributed by atoms with Crippen molar-refractivity contribution in [1.82, 2.24) is 19.3 Å². The Kier molecular flexibility index (Phi) is 6.63. The normalized spacial score (nSPS) is 15.7. The second-order valence-electron chi connectivity index (χ2n) is 11.3. The van der Waals surface area contributed by atoms with Crippen LogP contribution < -0.4 is 4.74 Å². The van der Waals surface area contributed by atoms with Gasteiger partial charge in [-0.15, -0.1) is 0 Å². The SMILES string of the molecule is COc1ccc(C(C2CCOCC2)n2c3cc(C(C)(C)O)ccc3c3ncc(-c4c(C)cnn4C)cc32)c(F)c1. The molecule has 208 valence electrons. The molecule has 0 radical (unpaired) electrons. The first kappa shape index (κ1) is 26.5. The van der Waals surface area contributed by atoms with E-state index in [0.717, 1.165) is 57.2 Å². The molecule has 1 unspecified atom stereocenters. The first-order valence-corrected chi connectivity index (χ1v) is 13.7. The smallest absolute Gasteiger partial charge is 0.132 e. The average Bonchev–Trinajstić information content (AvgIpc) is 3.45. The lowest BCUT2D eigenvalue weighted by Crippen LogP contribution is -2.27. The van der Waals surface area contributed by atoms with Gasteiger partial charge in [0.05, 0.1) is 47.2 Å². The summed E-state index contributed by atoms with van der Waals surface area (Å²) in [6.45, 7) is 6.85. The Morgan fingerprint density at radius 3 is 2.50 bits per heavy atom. The molecule has 4 heterocycles. The molecule has 1 fully saturated rings. The van der Waals surface area contributed by atoms with E-state index in [2.05, 4.69) is 15.7 Å². The maximum Gasteiger partial charge on any atom is 0.132 e. The lowest BCUT2D eigenvalue weighted by Gasteiger charge is -2.33. The number of ether oxygens (including phenoxy) is 2. The van der Waals surface area contributed by atoms with Gasteiger partial charge in [0.15, 0.2) is 0 Å². The number of hydrogen-bond donors (Lipinski definition) is 1. The van der Waals surface area contributed by atoms with Crippen LogP contribution in [0.3, 0.4) is 0 Å². The monoisotopic (exact) mass is 542 g/mol. The van der Waals surface area contributed by atoms with Gasteiger partial charge in [-0.25, -0.2) is 4.39 Å². The fourth-order valence-electron chi connectivity index (χ4n) is 6.19. The number of halogens is 1. The molecular formula is C32H35FN4O3. The maximum atomic E-state index is 15.9. The lowest BCUT2D eigenvalue weighted by molar-refractivity contribution is 0.0548. The lowest BCUT2D eigenvalue weighted by atomic mass is 9.86. The molecule has 7 nitrogen and oxygen atoms in total. The fraction of sp³-hybridized carbons (Fsp3) is 0.375. The van der Waals surface area contributed by atoms with Crippen molar-refractivity contribution >= 4 is 21.9 Å². The summed E-state index contributed by atoms with van der Waals surface area (Å²) in [6.07, 6.45) is 5.34. The number of aryl methyl sites for hydroxylation is 2. The van der Waals surface area contributed by atoms with E-state index in [9.17, 15) is 5.11 Å². The molecule has 0 saturated carbocycles. The summed E-state index contributed by atoms with van der Waals surface area (Å²) in [5.41, 5.74) is 5.98. The second-order valence-corrected chi connectivity index (χ2v) is 11.3. The highest BCUT2D eigenvalue weighted by Gasteiger charge is 2.33. The number of aliphatic hydroxyl groups is 1. The maximum absolute atomic E-state index is 15.9. The summed E-state index contributed by atoms with van der Waals surface area (Å²) >= 11 is 0. The van der Waals surface area contributed by atoms with Crippen LogP contribution in [-0.4, -0.2) is 44.8 Å². The van der Waals surface area contributed by atoms with Crippen molar-refractivity contribution in [2.75, 3.05) is 20.3 Å². The summed E-state index contributed by atoms with van der Waals surface area (Å²) in [6, 6.07) is 12.9. The molecular weight excluding hydrogens is 507 g/mol. The highest BCUT2D eigenvalue weighted by molar-refractivity contribution is 6.07. The van der Waals surface area contributed by atoms with E-state index >= 15 is 4.39 Å². The molecule has 2 aromatic carbocycles. The van der Waals surface area contributed by atoms with E-state index < -0.39 is 5.60 Å². The van der Waals surface area contributed by atoms with Crippen LogP contribution in [0.5, 0.6) is 5.75 Å². The Balaban J connectivity index is 1.70. The third kappa shape index (κ3) is 4.45. The molecule has 40 heavy (non-hydrogen) atoms. The Morgan fingerprint density at radius 2 is 1.85 bits per heavy atom. The minimum absolute atomic E-state index is 0.128. The van der Waals surface area contributed by atoms with Crippen molar-refractivity contribution in [2.24, 2.45) is 13.0 Å². The summed E-state index contributed by atoms with van der Waals surface area (Å²) in [5, 5.41) is 16.3. The Hall–Kier alpha value is -3.75. The number of nitrogens with zero attached hydrogens (tertiary/aromatic N) is 4. The molecule has 1 aliphatic rings. The molecule has 1 N–H and O–H groups in total. The number of methoxy groups -OCH3 is 1. The summed E-state index contributed by atoms with van der Waals surface area (Å²) in [4.78, 5) is 4.97. The van der Waals surface area contributed by atoms with Crippen molar-refractivity contribution in [3.63, 3.8) is 0 Å². The van der Waals surface area contributed by atoms with Crippen LogP contribution in [0, 0.1) is 18.7 Å². The molecule has 8 heteroatoms. The number of aromatic nitrogens is 4. The molecule has 1 atom stereocenters. The molecule has 0 bridgehead atoms. The van der Waals surface area contributed by atoms with Crippen LogP contribution in [-0.2, 0) is 17.4 Å². The quantitative estimate of drug-likeness (QED) is 0.273. The number of fused-ring (bicyclic) bond motifs is 3. The minimum Gasteiger partial charge on any atom is -0.497 e. The van der Waals surface area contributed by atoms with Gasteiger partial charge in [-0.2, -0.15) is 5.10 Å². The predicted molar refractivity (Wildman–Crippen MR) is 154 cm³/mol. The highest BCUT2D eigenvalue weighted by atomic mass is 19.1. The van der Waals surface area contributed by atoms with Crippen molar-refractivity contribution in [1.29, 1.82) is 0 Å². The van der Waals surface area contributed by atoms with Crippen LogP contribution >= 0.6 is 0 Å². The van der Waals surface area contributed by atoms with E-state index in [1.54, 1.807) is 21.0 Å². The van der Waals surface area contributed by atoms with Crippen LogP contribution in [0.2, 0.25) is 0 Å². The van der Waals surface area contributed by atoms with Crippen LogP contribution in [0.25, 0.3) is 33.2 Å². The number of rotatable bonds is 6. The summed E-state index contributed by atoms with van der Waals surface area (Å²) in [5.74, 6) is 0.300. The third-order valence-electron chi connectivity index (χ3n) is 8.26. The van der Waals surface area contributed by atoms with Gasteiger partial charge in [0.2, 0.25) is 0 Å². The zero-order valence-corrected chi connectivity index (χ0v) is 23.6. The van der Waals surface area contributed by atoms with E-state index in [-0.39, 0.29) is 17.8 Å². The van der Waals surface area contributed by atoms with Crippen molar-refractivity contribution in [3.05, 3.63) is 77.4 Å². The Labute approximate surface area is 233 Å². The van der Waals surface area contributed by atoms with E-state index in [0.29, 0.717) is 24.5 Å². The average molecular weight is 543 g/mol. The van der Waals surface area contributed by atoms with Gasteiger partial charge in [0.1, 0.15) is 11.6 Å². The molecule has 6 rings (SSSR count). The van der Waals surface area contributed by atoms with Crippen LogP contribution in [0.4, 0.5) is 4.39 Å². The molecule has 0 spiro atoms.